The van der Waals surface area contributed by atoms with E-state index in [-0.39, 0.29) is 29.2 Å². The number of thiocarbonyl (C=S) groups is 1. The molecule has 0 N–H and O–H groups in total. The Hall–Kier alpha value is -1.56. The maximum atomic E-state index is 12.6. The second-order valence-electron chi connectivity index (χ2n) is 4.76. The first-order chi connectivity index (χ1) is 9.32. The van der Waals surface area contributed by atoms with Gasteiger partial charge in [-0.2, -0.15) is 13.2 Å². The second-order valence-corrected chi connectivity index (χ2v) is 4.99. The first-order valence-corrected chi connectivity index (χ1v) is 6.52. The van der Waals surface area contributed by atoms with E-state index in [1.165, 1.54) is 0 Å². The van der Waals surface area contributed by atoms with Gasteiger partial charge in [-0.05, 0) is 30.5 Å². The van der Waals surface area contributed by atoms with E-state index in [1.807, 2.05) is 0 Å². The van der Waals surface area contributed by atoms with Gasteiger partial charge in [-0.3, -0.25) is 9.59 Å². The average Bonchev–Trinajstić information content (AvgIpc) is 3.20. The van der Waals surface area contributed by atoms with Gasteiger partial charge in [-0.15, -0.1) is 0 Å². The fraction of sp³-hybridized carbons (Fsp3) is 0.357. The number of carbonyl (C=O) groups excluding carboxylic acids is 2. The third kappa shape index (κ3) is 3.30. The molecule has 2 rings (SSSR count). The number of hydrogen-bond acceptors (Lipinski definition) is 3. The second kappa shape index (κ2) is 5.44. The predicted molar refractivity (Wildman–Crippen MR) is 70.9 cm³/mol. The van der Waals surface area contributed by atoms with Crippen LogP contribution in [0.5, 0.6) is 0 Å². The van der Waals surface area contributed by atoms with Crippen LogP contribution in [0.1, 0.15) is 40.7 Å². The fourth-order valence-corrected chi connectivity index (χ4v) is 2.09. The highest BCUT2D eigenvalue weighted by atomic mass is 32.1. The highest BCUT2D eigenvalue weighted by Crippen LogP contribution is 2.32. The van der Waals surface area contributed by atoms with E-state index < -0.39 is 17.5 Å². The topological polar surface area (TPSA) is 34.1 Å². The van der Waals surface area contributed by atoms with Crippen LogP contribution in [0.25, 0.3) is 0 Å². The molecular formula is C14H11F3O2S. The molecule has 0 radical (unpaired) electrons. The van der Waals surface area contributed by atoms with Gasteiger partial charge < -0.3 is 0 Å². The molecule has 20 heavy (non-hydrogen) atoms. The van der Waals surface area contributed by atoms with Crippen molar-refractivity contribution in [2.45, 2.75) is 25.4 Å². The smallest absolute Gasteiger partial charge is 0.299 e. The number of hydrogen-bond donors (Lipinski definition) is 0. The number of Topliss-reactive ketones (excluding diaryl/α,β-unsaturated/α-hetero) is 2. The zero-order chi connectivity index (χ0) is 14.9. The maximum Gasteiger partial charge on any atom is 0.416 e. The summed E-state index contributed by atoms with van der Waals surface area (Å²) in [5.41, 5.74) is -0.760. The fourth-order valence-electron chi connectivity index (χ4n) is 1.89. The van der Waals surface area contributed by atoms with E-state index in [2.05, 4.69) is 12.2 Å². The van der Waals surface area contributed by atoms with Crippen molar-refractivity contribution < 1.29 is 22.8 Å². The van der Waals surface area contributed by atoms with Gasteiger partial charge in [0.1, 0.15) is 5.78 Å². The van der Waals surface area contributed by atoms with E-state index in [9.17, 15) is 22.8 Å². The first-order valence-electron chi connectivity index (χ1n) is 6.05. The van der Waals surface area contributed by atoms with Gasteiger partial charge in [0.25, 0.3) is 0 Å². The first kappa shape index (κ1) is 14.8. The molecule has 1 saturated carbocycles. The quantitative estimate of drug-likeness (QED) is 0.473. The van der Waals surface area contributed by atoms with Gasteiger partial charge in [0.15, 0.2) is 5.78 Å². The highest BCUT2D eigenvalue weighted by Gasteiger charge is 2.33. The Kier molecular flexibility index (Phi) is 4.04. The zero-order valence-corrected chi connectivity index (χ0v) is 11.2. The monoisotopic (exact) mass is 300 g/mol. The van der Waals surface area contributed by atoms with Crippen molar-refractivity contribution in [3.63, 3.8) is 0 Å². The lowest BCUT2D eigenvalue weighted by Gasteiger charge is -2.10. The van der Waals surface area contributed by atoms with Crippen molar-refractivity contribution >= 4 is 29.2 Å². The Morgan fingerprint density at radius 1 is 1.30 bits per heavy atom. The summed E-state index contributed by atoms with van der Waals surface area (Å²) in [4.78, 5) is 23.5. The van der Waals surface area contributed by atoms with E-state index >= 15 is 0 Å². The molecule has 0 heterocycles. The molecule has 1 aliphatic rings. The van der Waals surface area contributed by atoms with Gasteiger partial charge in [0.2, 0.25) is 0 Å². The van der Waals surface area contributed by atoms with Gasteiger partial charge >= 0.3 is 6.18 Å². The average molecular weight is 300 g/mol. The Labute approximate surface area is 119 Å². The number of benzene rings is 1. The summed E-state index contributed by atoms with van der Waals surface area (Å²) in [5, 5.41) is 1.03. The molecule has 106 valence electrons. The van der Waals surface area contributed by atoms with Crippen LogP contribution in [0.15, 0.2) is 18.2 Å². The summed E-state index contributed by atoms with van der Waals surface area (Å²) in [6.07, 6.45) is -3.18. The molecule has 1 aromatic rings. The minimum Gasteiger partial charge on any atom is -0.299 e. The van der Waals surface area contributed by atoms with E-state index in [0.717, 1.165) is 36.4 Å². The summed E-state index contributed by atoms with van der Waals surface area (Å²) in [7, 11) is 0. The molecule has 0 atom stereocenters. The number of halogens is 3. The minimum atomic E-state index is -4.49. The Bertz CT molecular complexity index is 574. The van der Waals surface area contributed by atoms with Gasteiger partial charge in [0.05, 0.1) is 12.0 Å². The molecular weight excluding hydrogens is 289 g/mol. The van der Waals surface area contributed by atoms with E-state index in [4.69, 9.17) is 0 Å². The summed E-state index contributed by atoms with van der Waals surface area (Å²) < 4.78 is 37.7. The van der Waals surface area contributed by atoms with Crippen molar-refractivity contribution in [2.75, 3.05) is 0 Å². The maximum absolute atomic E-state index is 12.6. The Balaban J connectivity index is 2.24. The van der Waals surface area contributed by atoms with Crippen molar-refractivity contribution in [1.29, 1.82) is 0 Å². The van der Waals surface area contributed by atoms with Crippen LogP contribution in [-0.4, -0.2) is 16.9 Å². The van der Waals surface area contributed by atoms with Crippen molar-refractivity contribution in [2.24, 2.45) is 5.92 Å². The summed E-state index contributed by atoms with van der Waals surface area (Å²) in [5.74, 6) is -0.679. The van der Waals surface area contributed by atoms with Gasteiger partial charge in [-0.25, -0.2) is 0 Å². The summed E-state index contributed by atoms with van der Waals surface area (Å²) in [6, 6.07) is 2.75. The lowest BCUT2D eigenvalue weighted by atomic mass is 9.97. The van der Waals surface area contributed by atoms with Crippen LogP contribution in [0.3, 0.4) is 0 Å². The number of carbonyl (C=O) groups is 2. The third-order valence-electron chi connectivity index (χ3n) is 3.17. The third-order valence-corrected chi connectivity index (χ3v) is 3.43. The SMILES string of the molecule is O=C(CC(=O)C1CC1)c1ccc(C(F)(F)F)cc1C=S. The molecule has 1 aromatic carbocycles. The Morgan fingerprint density at radius 3 is 2.45 bits per heavy atom. The molecule has 0 unspecified atom stereocenters. The molecule has 0 saturated heterocycles. The Morgan fingerprint density at radius 2 is 1.95 bits per heavy atom. The molecule has 0 aliphatic heterocycles. The van der Waals surface area contributed by atoms with Crippen molar-refractivity contribution in [1.82, 2.24) is 0 Å². The molecule has 0 bridgehead atoms. The molecule has 1 aliphatic carbocycles. The summed E-state index contributed by atoms with van der Waals surface area (Å²) in [6.45, 7) is 0. The zero-order valence-electron chi connectivity index (χ0n) is 10.4. The molecule has 0 amide bonds. The predicted octanol–water partition coefficient (Wildman–Crippen LogP) is 3.61. The van der Waals surface area contributed by atoms with Crippen LogP contribution >= 0.6 is 12.2 Å². The molecule has 0 spiro atoms. The van der Waals surface area contributed by atoms with Gasteiger partial charge in [0, 0.05) is 16.8 Å². The van der Waals surface area contributed by atoms with Crippen LogP contribution < -0.4 is 0 Å². The normalized spacial score (nSPS) is 14.9. The van der Waals surface area contributed by atoms with Crippen LogP contribution in [0.4, 0.5) is 13.2 Å². The number of alkyl halides is 3. The van der Waals surface area contributed by atoms with Crippen LogP contribution in [0.2, 0.25) is 0 Å². The highest BCUT2D eigenvalue weighted by molar-refractivity contribution is 7.79. The standard InChI is InChI=1S/C14H11F3O2S/c15-14(16,17)10-3-4-11(9(5-10)7-20)13(19)6-12(18)8-1-2-8/h3-5,7-8H,1-2,6H2. The number of ketones is 2. The van der Waals surface area contributed by atoms with Crippen LogP contribution in [-0.2, 0) is 11.0 Å². The minimum absolute atomic E-state index is 0.0309. The molecule has 1 fully saturated rings. The van der Waals surface area contributed by atoms with Crippen molar-refractivity contribution in [3.8, 4) is 0 Å². The molecule has 0 aromatic heterocycles. The lowest BCUT2D eigenvalue weighted by Crippen LogP contribution is -2.13. The van der Waals surface area contributed by atoms with Gasteiger partial charge in [-0.1, -0.05) is 18.3 Å². The summed E-state index contributed by atoms with van der Waals surface area (Å²) >= 11 is 4.66. The van der Waals surface area contributed by atoms with Crippen molar-refractivity contribution in [3.05, 3.63) is 34.9 Å². The van der Waals surface area contributed by atoms with E-state index in [0.29, 0.717) is 0 Å². The molecule has 6 heteroatoms. The lowest BCUT2D eigenvalue weighted by molar-refractivity contribution is -0.137. The molecule has 2 nitrogen and oxygen atoms in total. The van der Waals surface area contributed by atoms with E-state index in [1.54, 1.807) is 0 Å². The van der Waals surface area contributed by atoms with Crippen LogP contribution in [0, 0.1) is 5.92 Å². The number of rotatable bonds is 5. The largest absolute Gasteiger partial charge is 0.416 e.